The van der Waals surface area contributed by atoms with E-state index in [1.54, 1.807) is 19.1 Å². The fourth-order valence-electron chi connectivity index (χ4n) is 1.69. The Balaban J connectivity index is 2.54. The minimum absolute atomic E-state index is 0.0789. The highest BCUT2D eigenvalue weighted by Crippen LogP contribution is 2.09. The van der Waals surface area contributed by atoms with E-state index in [1.165, 1.54) is 12.1 Å². The summed E-state index contributed by atoms with van der Waals surface area (Å²) in [7, 11) is -3.54. The van der Waals surface area contributed by atoms with Crippen molar-refractivity contribution in [3.05, 3.63) is 35.4 Å². The first kappa shape index (κ1) is 18.1. The van der Waals surface area contributed by atoms with Crippen molar-refractivity contribution < 1.29 is 27.9 Å². The van der Waals surface area contributed by atoms with E-state index in [1.807, 2.05) is 0 Å². The smallest absolute Gasteiger partial charge is 0.338 e. The number of ether oxygens (including phenoxy) is 1. The third-order valence-electron chi connectivity index (χ3n) is 2.71. The SMILES string of the molecule is CCOC(=O)c1ccc(CS(=O)(=O)NCCCC(=O)O)cc1. The van der Waals surface area contributed by atoms with Gasteiger partial charge in [-0.3, -0.25) is 4.79 Å². The van der Waals surface area contributed by atoms with E-state index < -0.39 is 22.0 Å². The standard InChI is InChI=1S/C14H19NO6S/c1-2-21-14(18)12-7-5-11(6-8-12)10-22(19,20)15-9-3-4-13(16)17/h5-8,15H,2-4,9-10H2,1H3,(H,16,17). The Hall–Kier alpha value is -1.93. The maximum absolute atomic E-state index is 11.8. The molecule has 0 amide bonds. The van der Waals surface area contributed by atoms with E-state index in [4.69, 9.17) is 9.84 Å². The topological polar surface area (TPSA) is 110 Å². The summed E-state index contributed by atoms with van der Waals surface area (Å²) in [5.41, 5.74) is 0.885. The molecule has 0 unspecified atom stereocenters. The van der Waals surface area contributed by atoms with Gasteiger partial charge < -0.3 is 9.84 Å². The van der Waals surface area contributed by atoms with Gasteiger partial charge in [0.2, 0.25) is 10.0 Å². The lowest BCUT2D eigenvalue weighted by atomic mass is 10.1. The van der Waals surface area contributed by atoms with Crippen LogP contribution >= 0.6 is 0 Å². The number of aliphatic carboxylic acids is 1. The molecule has 0 radical (unpaired) electrons. The Kier molecular flexibility index (Phi) is 7.00. The first-order chi connectivity index (χ1) is 10.3. The number of hydrogen-bond acceptors (Lipinski definition) is 5. The zero-order valence-electron chi connectivity index (χ0n) is 12.2. The molecular formula is C14H19NO6S. The number of rotatable bonds is 9. The Morgan fingerprint density at radius 1 is 1.23 bits per heavy atom. The zero-order valence-corrected chi connectivity index (χ0v) is 13.1. The summed E-state index contributed by atoms with van der Waals surface area (Å²) in [4.78, 5) is 21.8. The average molecular weight is 329 g/mol. The molecule has 22 heavy (non-hydrogen) atoms. The van der Waals surface area contributed by atoms with Crippen LogP contribution in [0.15, 0.2) is 24.3 Å². The highest BCUT2D eigenvalue weighted by molar-refractivity contribution is 7.88. The minimum atomic E-state index is -3.54. The van der Waals surface area contributed by atoms with Gasteiger partial charge in [0, 0.05) is 13.0 Å². The molecule has 8 heteroatoms. The predicted molar refractivity (Wildman–Crippen MR) is 79.9 cm³/mol. The lowest BCUT2D eigenvalue weighted by Gasteiger charge is -2.07. The van der Waals surface area contributed by atoms with Crippen LogP contribution in [0.5, 0.6) is 0 Å². The Morgan fingerprint density at radius 3 is 2.41 bits per heavy atom. The number of nitrogens with one attached hydrogen (secondary N) is 1. The molecule has 0 aliphatic rings. The molecule has 0 bridgehead atoms. The molecule has 0 aliphatic carbocycles. The summed E-state index contributed by atoms with van der Waals surface area (Å²) in [6.07, 6.45) is 0.146. The van der Waals surface area contributed by atoms with E-state index >= 15 is 0 Å². The van der Waals surface area contributed by atoms with Crippen molar-refractivity contribution in [2.45, 2.75) is 25.5 Å². The summed E-state index contributed by atoms with van der Waals surface area (Å²) in [6.45, 7) is 2.06. The summed E-state index contributed by atoms with van der Waals surface area (Å²) in [6, 6.07) is 6.10. The largest absolute Gasteiger partial charge is 0.481 e. The third-order valence-corrected chi connectivity index (χ3v) is 4.07. The molecule has 1 aromatic carbocycles. The van der Waals surface area contributed by atoms with E-state index in [9.17, 15) is 18.0 Å². The number of benzene rings is 1. The molecule has 0 spiro atoms. The van der Waals surface area contributed by atoms with Crippen molar-refractivity contribution >= 4 is 22.0 Å². The fraction of sp³-hybridized carbons (Fsp3) is 0.429. The van der Waals surface area contributed by atoms with E-state index in [0.29, 0.717) is 11.1 Å². The van der Waals surface area contributed by atoms with Gasteiger partial charge in [0.1, 0.15) is 0 Å². The van der Waals surface area contributed by atoms with E-state index in [0.717, 1.165) is 0 Å². The van der Waals surface area contributed by atoms with E-state index in [2.05, 4.69) is 4.72 Å². The van der Waals surface area contributed by atoms with Gasteiger partial charge in [-0.15, -0.1) is 0 Å². The van der Waals surface area contributed by atoms with Crippen molar-refractivity contribution in [3.8, 4) is 0 Å². The number of sulfonamides is 1. The molecule has 0 aliphatic heterocycles. The van der Waals surface area contributed by atoms with Gasteiger partial charge in [0.15, 0.2) is 0 Å². The number of carboxylic acid groups (broad SMARTS) is 1. The van der Waals surface area contributed by atoms with E-state index in [-0.39, 0.29) is 31.7 Å². The molecule has 0 fully saturated rings. The second kappa shape index (κ2) is 8.50. The van der Waals surface area contributed by atoms with Crippen LogP contribution in [0, 0.1) is 0 Å². The van der Waals surface area contributed by atoms with Crippen LogP contribution < -0.4 is 4.72 Å². The van der Waals surface area contributed by atoms with Gasteiger partial charge in [-0.2, -0.15) is 0 Å². The van der Waals surface area contributed by atoms with Crippen LogP contribution in [0.25, 0.3) is 0 Å². The lowest BCUT2D eigenvalue weighted by molar-refractivity contribution is -0.137. The Bertz CT molecular complexity index is 609. The van der Waals surface area contributed by atoms with Gasteiger partial charge in [-0.1, -0.05) is 12.1 Å². The second-order valence-corrected chi connectivity index (χ2v) is 6.37. The summed E-state index contributed by atoms with van der Waals surface area (Å²) < 4.78 is 30.8. The predicted octanol–water partition coefficient (Wildman–Crippen LogP) is 1.15. The normalized spacial score (nSPS) is 11.1. The fourth-order valence-corrected chi connectivity index (χ4v) is 2.88. The average Bonchev–Trinajstić information content (AvgIpc) is 2.44. The lowest BCUT2D eigenvalue weighted by Crippen LogP contribution is -2.26. The number of carboxylic acids is 1. The molecule has 0 atom stereocenters. The van der Waals surface area contributed by atoms with Gasteiger partial charge in [0.25, 0.3) is 0 Å². The van der Waals surface area contributed by atoms with Crippen LogP contribution in [-0.2, 0) is 25.3 Å². The van der Waals surface area contributed by atoms with Crippen LogP contribution in [0.3, 0.4) is 0 Å². The van der Waals surface area contributed by atoms with Crippen molar-refractivity contribution in [1.29, 1.82) is 0 Å². The van der Waals surface area contributed by atoms with Crippen molar-refractivity contribution in [2.75, 3.05) is 13.2 Å². The molecule has 0 aromatic heterocycles. The number of hydrogen-bond donors (Lipinski definition) is 2. The Morgan fingerprint density at radius 2 is 1.86 bits per heavy atom. The number of carbonyl (C=O) groups excluding carboxylic acids is 1. The molecule has 7 nitrogen and oxygen atoms in total. The van der Waals surface area contributed by atoms with Crippen molar-refractivity contribution in [3.63, 3.8) is 0 Å². The van der Waals surface area contributed by atoms with Crippen LogP contribution in [0.2, 0.25) is 0 Å². The van der Waals surface area contributed by atoms with Crippen LogP contribution in [-0.4, -0.2) is 38.6 Å². The minimum Gasteiger partial charge on any atom is -0.481 e. The molecule has 0 heterocycles. The summed E-state index contributed by atoms with van der Waals surface area (Å²) >= 11 is 0. The Labute approximate surface area is 129 Å². The molecular weight excluding hydrogens is 310 g/mol. The summed E-state index contributed by atoms with van der Waals surface area (Å²) in [5, 5.41) is 8.47. The quantitative estimate of drug-likeness (QED) is 0.519. The van der Waals surface area contributed by atoms with Gasteiger partial charge in [-0.05, 0) is 31.0 Å². The highest BCUT2D eigenvalue weighted by atomic mass is 32.2. The first-order valence-electron chi connectivity index (χ1n) is 6.79. The van der Waals surface area contributed by atoms with Crippen LogP contribution in [0.4, 0.5) is 0 Å². The molecule has 2 N–H and O–H groups in total. The van der Waals surface area contributed by atoms with Crippen molar-refractivity contribution in [1.82, 2.24) is 4.72 Å². The maximum atomic E-state index is 11.8. The summed E-state index contributed by atoms with van der Waals surface area (Å²) in [5.74, 6) is -1.65. The monoisotopic (exact) mass is 329 g/mol. The molecule has 0 saturated heterocycles. The second-order valence-electron chi connectivity index (χ2n) is 4.57. The zero-order chi connectivity index (χ0) is 16.6. The molecule has 1 aromatic rings. The molecule has 0 saturated carbocycles. The first-order valence-corrected chi connectivity index (χ1v) is 8.44. The van der Waals surface area contributed by atoms with Crippen molar-refractivity contribution in [2.24, 2.45) is 0 Å². The molecule has 122 valence electrons. The van der Waals surface area contributed by atoms with Gasteiger partial charge in [-0.25, -0.2) is 17.9 Å². The molecule has 1 rings (SSSR count). The number of esters is 1. The van der Waals surface area contributed by atoms with Gasteiger partial charge in [0.05, 0.1) is 17.9 Å². The maximum Gasteiger partial charge on any atom is 0.338 e. The van der Waals surface area contributed by atoms with Crippen LogP contribution in [0.1, 0.15) is 35.7 Å². The number of carbonyl (C=O) groups is 2. The van der Waals surface area contributed by atoms with Gasteiger partial charge >= 0.3 is 11.9 Å². The third kappa shape index (κ3) is 6.68. The highest BCUT2D eigenvalue weighted by Gasteiger charge is 2.12.